The number of aromatic nitrogens is 6. The van der Waals surface area contributed by atoms with Crippen LogP contribution in [0.5, 0.6) is 5.75 Å². The first-order valence-electron chi connectivity index (χ1n) is 19.9. The summed E-state index contributed by atoms with van der Waals surface area (Å²) in [5.41, 5.74) is 8.99. The lowest BCUT2D eigenvalue weighted by Gasteiger charge is -2.38. The molecule has 3 aromatic heterocycles. The summed E-state index contributed by atoms with van der Waals surface area (Å²) in [7, 11) is 0.552. The Balaban J connectivity index is 1.05. The number of hydrogen-bond donors (Lipinski definition) is 5. The third-order valence-corrected chi connectivity index (χ3v) is 13.2. The van der Waals surface area contributed by atoms with Gasteiger partial charge in [0.05, 0.1) is 62.8 Å². The Kier molecular flexibility index (Phi) is 11.0. The van der Waals surface area contributed by atoms with E-state index in [4.69, 9.17) is 9.72 Å². The molecule has 0 aliphatic carbocycles. The van der Waals surface area contributed by atoms with E-state index in [1.165, 1.54) is 0 Å². The molecule has 63 heavy (non-hydrogen) atoms. The molecule has 9 rings (SSSR count). The fourth-order valence-electron chi connectivity index (χ4n) is 8.26. The van der Waals surface area contributed by atoms with Gasteiger partial charge < -0.3 is 30.7 Å². The molecule has 3 aromatic carbocycles. The van der Waals surface area contributed by atoms with Gasteiger partial charge in [-0.1, -0.05) is 6.07 Å². The molecule has 2 saturated heterocycles. The van der Waals surface area contributed by atoms with E-state index in [2.05, 4.69) is 62.7 Å². The molecule has 2 atom stereocenters. The third kappa shape index (κ3) is 7.90. The molecule has 5 N–H and O–H groups in total. The van der Waals surface area contributed by atoms with Crippen molar-refractivity contribution in [2.24, 2.45) is 7.05 Å². The molecule has 6 aromatic rings. The average Bonchev–Trinajstić information content (AvgIpc) is 3.81. The molecule has 0 spiro atoms. The number of ether oxygens (including phenoxy) is 1. The Morgan fingerprint density at radius 3 is 2.51 bits per heavy atom. The number of piperidine rings is 1. The SMILES string of the molecule is COc1cc(C2CNCCN2Nc2cccc3c2C(=O)N(C2CCC(=O)NC2=O)C3=O)c(-c2cnn(C)c2)cc1Nc1ncc(Br)c(Nc2ccc3nccnc3c2P(C)(C)=O)n1. The molecular weight excluding hydrogens is 893 g/mol. The van der Waals surface area contributed by atoms with Gasteiger partial charge in [-0.15, -0.1) is 0 Å². The lowest BCUT2D eigenvalue weighted by Crippen LogP contribution is -2.54. The van der Waals surface area contributed by atoms with Crippen LogP contribution in [-0.4, -0.2) is 109 Å². The molecule has 4 amide bonds. The van der Waals surface area contributed by atoms with Crippen LogP contribution in [0.15, 0.2) is 77.9 Å². The Morgan fingerprint density at radius 2 is 1.75 bits per heavy atom. The van der Waals surface area contributed by atoms with Gasteiger partial charge in [0.15, 0.2) is 0 Å². The van der Waals surface area contributed by atoms with E-state index >= 15 is 0 Å². The largest absolute Gasteiger partial charge is 0.495 e. The molecule has 19 nitrogen and oxygen atoms in total. The number of nitrogens with one attached hydrogen (secondary N) is 5. The van der Waals surface area contributed by atoms with Crippen LogP contribution in [0.25, 0.3) is 22.2 Å². The van der Waals surface area contributed by atoms with E-state index in [0.717, 1.165) is 21.6 Å². The first kappa shape index (κ1) is 41.7. The van der Waals surface area contributed by atoms with Crippen molar-refractivity contribution in [3.05, 3.63) is 94.6 Å². The normalized spacial score (nSPS) is 18.1. The van der Waals surface area contributed by atoms with Crippen LogP contribution in [0.4, 0.5) is 28.8 Å². The van der Waals surface area contributed by atoms with Crippen LogP contribution in [-0.2, 0) is 21.2 Å². The number of fused-ring (bicyclic) bond motifs is 2. The summed E-state index contributed by atoms with van der Waals surface area (Å²) in [4.78, 5) is 71.5. The minimum atomic E-state index is -2.85. The summed E-state index contributed by atoms with van der Waals surface area (Å²) in [5, 5.41) is 19.5. The lowest BCUT2D eigenvalue weighted by molar-refractivity contribution is -0.136. The van der Waals surface area contributed by atoms with Crippen molar-refractivity contribution in [1.82, 2.24) is 50.3 Å². The first-order chi connectivity index (χ1) is 30.3. The Hall–Kier alpha value is -6.60. The zero-order valence-electron chi connectivity index (χ0n) is 34.5. The predicted molar refractivity (Wildman–Crippen MR) is 239 cm³/mol. The zero-order valence-corrected chi connectivity index (χ0v) is 37.0. The van der Waals surface area contributed by atoms with Crippen molar-refractivity contribution in [2.75, 3.05) is 56.1 Å². The van der Waals surface area contributed by atoms with Crippen molar-refractivity contribution >= 4 is 91.9 Å². The monoisotopic (exact) mass is 933 g/mol. The lowest BCUT2D eigenvalue weighted by atomic mass is 9.94. The number of methoxy groups -OCH3 is 1. The van der Waals surface area contributed by atoms with Gasteiger partial charge in [0.1, 0.15) is 30.3 Å². The molecule has 2 unspecified atom stereocenters. The van der Waals surface area contributed by atoms with Gasteiger partial charge in [0, 0.05) is 63.5 Å². The molecular formula is C42H41BrN13O6P. The number of nitrogens with zero attached hydrogens (tertiary/aromatic N) is 8. The number of carbonyl (C=O) groups excluding carboxylic acids is 4. The summed E-state index contributed by atoms with van der Waals surface area (Å²) >= 11 is 3.57. The number of hydrogen-bond acceptors (Lipinski definition) is 16. The van der Waals surface area contributed by atoms with Gasteiger partial charge in [-0.25, -0.2) is 9.99 Å². The van der Waals surface area contributed by atoms with Gasteiger partial charge in [0.25, 0.3) is 11.8 Å². The molecule has 3 aliphatic heterocycles. The zero-order chi connectivity index (χ0) is 44.2. The van der Waals surface area contributed by atoms with E-state index in [1.807, 2.05) is 42.5 Å². The van der Waals surface area contributed by atoms with Crippen LogP contribution >= 0.6 is 23.1 Å². The van der Waals surface area contributed by atoms with Crippen molar-refractivity contribution in [1.29, 1.82) is 0 Å². The summed E-state index contributed by atoms with van der Waals surface area (Å²) in [6.45, 7) is 4.99. The standard InChI is InChI=1S/C42H41BrN13O6P/c1-54-21-22(18-48-54)24-16-30(50-42-47-19-26(43)38(52-42)49-29-9-8-28-36(46-13-12-45-28)37(29)63(3,4)61)33(62-2)17-25(24)32-20-44-14-15-55(32)53-27-7-5-6-23-35(27)41(60)56(40(23)59)31-10-11-34(57)51-39(31)58/h5-9,12-13,16-19,21,31-32,44,53H,10-11,14-15,20H2,1-4H3,(H,51,57,58)(H2,47,49,50,52). The van der Waals surface area contributed by atoms with Crippen LogP contribution < -0.4 is 36.7 Å². The fourth-order valence-corrected chi connectivity index (χ4v) is 9.94. The van der Waals surface area contributed by atoms with Gasteiger partial charge in [-0.3, -0.25) is 44.0 Å². The number of rotatable bonds is 11. The van der Waals surface area contributed by atoms with E-state index in [-0.39, 0.29) is 36.0 Å². The highest BCUT2D eigenvalue weighted by atomic mass is 79.9. The van der Waals surface area contributed by atoms with Crippen LogP contribution in [0.3, 0.4) is 0 Å². The number of halogens is 1. The minimum absolute atomic E-state index is 0.0229. The fraction of sp³-hybridized carbons (Fsp3) is 0.262. The highest BCUT2D eigenvalue weighted by molar-refractivity contribution is 9.10. The maximum Gasteiger partial charge on any atom is 0.264 e. The van der Waals surface area contributed by atoms with Crippen LogP contribution in [0.1, 0.15) is 45.2 Å². The van der Waals surface area contributed by atoms with Crippen molar-refractivity contribution in [2.45, 2.75) is 24.9 Å². The highest BCUT2D eigenvalue weighted by Crippen LogP contribution is 2.43. The van der Waals surface area contributed by atoms with Gasteiger partial charge in [0.2, 0.25) is 17.8 Å². The summed E-state index contributed by atoms with van der Waals surface area (Å²) in [5.74, 6) is -1.17. The Morgan fingerprint density at radius 1 is 0.921 bits per heavy atom. The molecule has 0 radical (unpaired) electrons. The van der Waals surface area contributed by atoms with Crippen LogP contribution in [0.2, 0.25) is 0 Å². The van der Waals surface area contributed by atoms with Crippen molar-refractivity contribution in [3.8, 4) is 16.9 Å². The van der Waals surface area contributed by atoms with Gasteiger partial charge in [-0.05, 0) is 83.2 Å². The predicted octanol–water partition coefficient (Wildman–Crippen LogP) is 4.70. The number of imide groups is 2. The molecule has 6 heterocycles. The van der Waals surface area contributed by atoms with Gasteiger partial charge in [-0.2, -0.15) is 10.1 Å². The summed E-state index contributed by atoms with van der Waals surface area (Å²) in [6.07, 6.45) is 8.53. The Labute approximate surface area is 368 Å². The van der Waals surface area contributed by atoms with E-state index in [9.17, 15) is 23.7 Å². The number of anilines is 5. The first-order valence-corrected chi connectivity index (χ1v) is 23.3. The molecule has 322 valence electrons. The maximum atomic E-state index is 14.0. The summed E-state index contributed by atoms with van der Waals surface area (Å²) < 4.78 is 21.9. The topological polar surface area (TPSA) is 231 Å². The van der Waals surface area contributed by atoms with Crippen LogP contribution in [0, 0.1) is 0 Å². The molecule has 0 saturated carbocycles. The van der Waals surface area contributed by atoms with E-state index in [1.54, 1.807) is 68.1 Å². The number of hydrazine groups is 1. The third-order valence-electron chi connectivity index (χ3n) is 11.1. The highest BCUT2D eigenvalue weighted by Gasteiger charge is 2.46. The number of piperazine rings is 1. The second kappa shape index (κ2) is 16.6. The molecule has 21 heteroatoms. The van der Waals surface area contributed by atoms with E-state index in [0.29, 0.717) is 69.1 Å². The second-order valence-electron chi connectivity index (χ2n) is 15.6. The smallest absolute Gasteiger partial charge is 0.264 e. The number of carbonyl (C=O) groups is 4. The minimum Gasteiger partial charge on any atom is -0.495 e. The quantitative estimate of drug-likeness (QED) is 0.0876. The van der Waals surface area contributed by atoms with Crippen molar-refractivity contribution in [3.63, 3.8) is 0 Å². The van der Waals surface area contributed by atoms with Gasteiger partial charge >= 0.3 is 0 Å². The van der Waals surface area contributed by atoms with E-state index < -0.39 is 36.8 Å². The molecule has 0 bridgehead atoms. The number of aryl methyl sites for hydroxylation is 1. The average molecular weight is 935 g/mol. The molecule has 2 fully saturated rings. The van der Waals surface area contributed by atoms with Crippen molar-refractivity contribution < 1.29 is 28.5 Å². The summed E-state index contributed by atoms with van der Waals surface area (Å²) in [6, 6.07) is 11.1. The second-order valence-corrected chi connectivity index (χ2v) is 19.6. The number of amides is 4. The Bertz CT molecular complexity index is 2920. The molecule has 3 aliphatic rings. The maximum absolute atomic E-state index is 14.0. The number of benzene rings is 3.